The molecule has 2 aromatic heterocycles. The number of nitrogens with zero attached hydrogens (tertiary/aromatic N) is 5. The van der Waals surface area contributed by atoms with Crippen molar-refractivity contribution in [1.82, 2.24) is 51.3 Å². The van der Waals surface area contributed by atoms with E-state index in [1.807, 2.05) is 11.0 Å². The van der Waals surface area contributed by atoms with Gasteiger partial charge in [-0.3, -0.25) is 33.8 Å². The van der Waals surface area contributed by atoms with Crippen LogP contribution >= 0.6 is 0 Å². The van der Waals surface area contributed by atoms with E-state index in [0.29, 0.717) is 88.9 Å². The lowest BCUT2D eigenvalue weighted by Gasteiger charge is -2.42. The molecule has 2 aliphatic carbocycles. The molecule has 0 bridgehead atoms. The van der Waals surface area contributed by atoms with Crippen LogP contribution in [-0.4, -0.2) is 137 Å². The highest BCUT2D eigenvalue weighted by molar-refractivity contribution is 5.93. The minimum Gasteiger partial charge on any atom is -0.379 e. The lowest BCUT2D eigenvalue weighted by atomic mass is 9.83. The zero-order chi connectivity index (χ0) is 51.4. The molecule has 4 heterocycles. The molecular formula is C51H70F3N11O7. The average Bonchev–Trinajstić information content (AvgIpc) is 3.87. The standard InChI is InChI=1S/C51H70F3N11O7/c1-31(2)28-58-36-14-16-42(65-22-17-40(50(65)71)62-47-37-25-34(51(52,53)54)11-15-39(37)59-30-60-47)41(26-36)63-48(69)32-9-12-35(13-10-32)61-44(67)18-23-72-24-21-56-43(66)8-4-5-20-57-49(70)38-27-45(68)64(3)46(38)33-7-6-19-55-29-33/h6-7,11,15,19,25,29-32,35-36,38,40-42,46,58H,4-5,8-10,12-14,16-18,20-24,26-28H2,1-3H3,(H,56,66)(H,57,70)(H,61,67)(H,63,69)(H,59,60,62)/t32?,35?,36-,38+,40+,41-,42+,46-/m1/s1. The third-order valence-electron chi connectivity index (χ3n) is 14.5. The van der Waals surface area contributed by atoms with Crippen molar-refractivity contribution in [2.75, 3.05) is 51.8 Å². The Morgan fingerprint density at radius 3 is 2.40 bits per heavy atom. The number of likely N-dealkylation sites (tertiary alicyclic amines) is 2. The molecule has 7 rings (SSSR count). The van der Waals surface area contributed by atoms with E-state index in [9.17, 15) is 41.9 Å². The highest BCUT2D eigenvalue weighted by Gasteiger charge is 2.44. The van der Waals surface area contributed by atoms with Gasteiger partial charge in [0.2, 0.25) is 35.4 Å². The van der Waals surface area contributed by atoms with Gasteiger partial charge in [-0.15, -0.1) is 0 Å². The zero-order valence-electron chi connectivity index (χ0n) is 41.5. The number of carbonyl (C=O) groups excluding carboxylic acids is 6. The van der Waals surface area contributed by atoms with Crippen LogP contribution in [0.2, 0.25) is 0 Å². The van der Waals surface area contributed by atoms with Crippen molar-refractivity contribution in [1.29, 1.82) is 0 Å². The fourth-order valence-corrected chi connectivity index (χ4v) is 10.5. The van der Waals surface area contributed by atoms with Crippen molar-refractivity contribution < 1.29 is 46.7 Å². The number of halogens is 3. The Morgan fingerprint density at radius 2 is 1.65 bits per heavy atom. The molecule has 0 radical (unpaired) electrons. The maximum Gasteiger partial charge on any atom is 0.416 e. The summed E-state index contributed by atoms with van der Waals surface area (Å²) in [5.74, 6) is -0.991. The molecule has 1 aromatic carbocycles. The Bertz CT molecular complexity index is 2350. The number of fused-ring (bicyclic) bond motifs is 1. The topological polar surface area (TPSA) is 229 Å². The smallest absolute Gasteiger partial charge is 0.379 e. The van der Waals surface area contributed by atoms with Crippen molar-refractivity contribution in [2.45, 2.75) is 140 Å². The molecule has 6 amide bonds. The van der Waals surface area contributed by atoms with Gasteiger partial charge in [-0.1, -0.05) is 19.9 Å². The van der Waals surface area contributed by atoms with E-state index in [4.69, 9.17) is 4.74 Å². The third-order valence-corrected chi connectivity index (χ3v) is 14.5. The van der Waals surface area contributed by atoms with Gasteiger partial charge < -0.3 is 46.4 Å². The number of nitrogens with one attached hydrogen (secondary N) is 6. The van der Waals surface area contributed by atoms with E-state index < -0.39 is 23.7 Å². The quantitative estimate of drug-likeness (QED) is 0.0770. The van der Waals surface area contributed by atoms with Crippen molar-refractivity contribution in [3.05, 3.63) is 60.2 Å². The normalized spacial score (nSPS) is 24.7. The fourth-order valence-electron chi connectivity index (χ4n) is 10.5. The molecule has 2 saturated carbocycles. The molecule has 0 unspecified atom stereocenters. The molecule has 21 heteroatoms. The van der Waals surface area contributed by atoms with Crippen LogP contribution in [-0.2, 0) is 39.7 Å². The molecule has 392 valence electrons. The number of hydrogen-bond acceptors (Lipinski definition) is 12. The lowest BCUT2D eigenvalue weighted by molar-refractivity contribution is -0.137. The van der Waals surface area contributed by atoms with Crippen LogP contribution in [0.5, 0.6) is 0 Å². The molecule has 72 heavy (non-hydrogen) atoms. The SMILES string of the molecule is CC(C)CN[C@@H]1CC[C@H](N2CC[C@H](Nc3ncnc4ccc(C(F)(F)F)cc34)C2=O)[C@H](NC(=O)C2CCC(NC(=O)CCOCCNC(=O)CCCCNC(=O)[C@H]3CC(=O)N(C)[C@@H]3c3cccnc3)CC2)C1. The van der Waals surface area contributed by atoms with E-state index in [1.165, 1.54) is 12.4 Å². The number of pyridine rings is 1. The molecule has 18 nitrogen and oxygen atoms in total. The second-order valence-electron chi connectivity index (χ2n) is 20.1. The molecule has 0 spiro atoms. The molecule has 2 saturated heterocycles. The van der Waals surface area contributed by atoms with Gasteiger partial charge in [0.15, 0.2) is 0 Å². The van der Waals surface area contributed by atoms with Gasteiger partial charge in [-0.05, 0) is 106 Å². The molecule has 4 aliphatic rings. The van der Waals surface area contributed by atoms with Crippen LogP contribution in [0.15, 0.2) is 49.1 Å². The fraction of sp³-hybridized carbons (Fsp3) is 0.627. The maximum atomic E-state index is 14.0. The van der Waals surface area contributed by atoms with Gasteiger partial charge in [0.1, 0.15) is 18.2 Å². The van der Waals surface area contributed by atoms with Crippen molar-refractivity contribution in [2.24, 2.45) is 17.8 Å². The first-order valence-electron chi connectivity index (χ1n) is 25.6. The van der Waals surface area contributed by atoms with Crippen molar-refractivity contribution in [3.63, 3.8) is 0 Å². The zero-order valence-corrected chi connectivity index (χ0v) is 41.5. The van der Waals surface area contributed by atoms with Crippen LogP contribution in [0.3, 0.4) is 0 Å². The van der Waals surface area contributed by atoms with Crippen molar-refractivity contribution >= 4 is 52.2 Å². The summed E-state index contributed by atoms with van der Waals surface area (Å²) in [4.78, 5) is 94.4. The summed E-state index contributed by atoms with van der Waals surface area (Å²) < 4.78 is 46.4. The van der Waals surface area contributed by atoms with Gasteiger partial charge in [0.05, 0.1) is 48.3 Å². The molecular weight excluding hydrogens is 936 g/mol. The van der Waals surface area contributed by atoms with Crippen LogP contribution in [0, 0.1) is 17.8 Å². The average molecular weight is 1010 g/mol. The number of benzene rings is 1. The Morgan fingerprint density at radius 1 is 0.861 bits per heavy atom. The minimum atomic E-state index is -4.55. The number of rotatable bonds is 22. The highest BCUT2D eigenvalue weighted by Crippen LogP contribution is 2.37. The Hall–Kier alpha value is -5.96. The van der Waals surface area contributed by atoms with E-state index in [-0.39, 0.29) is 115 Å². The van der Waals surface area contributed by atoms with Crippen LogP contribution in [0.4, 0.5) is 19.0 Å². The second-order valence-corrected chi connectivity index (χ2v) is 20.1. The minimum absolute atomic E-state index is 0.0687. The first-order chi connectivity index (χ1) is 34.5. The van der Waals surface area contributed by atoms with Crippen LogP contribution in [0.1, 0.15) is 114 Å². The van der Waals surface area contributed by atoms with Crippen LogP contribution < -0.4 is 31.9 Å². The largest absolute Gasteiger partial charge is 0.416 e. The van der Waals surface area contributed by atoms with Gasteiger partial charge in [-0.2, -0.15) is 13.2 Å². The number of carbonyl (C=O) groups is 6. The summed E-state index contributed by atoms with van der Waals surface area (Å²) in [5.41, 5.74) is 0.309. The van der Waals surface area contributed by atoms with E-state index in [2.05, 4.69) is 60.7 Å². The van der Waals surface area contributed by atoms with E-state index in [0.717, 1.165) is 30.7 Å². The molecule has 4 fully saturated rings. The highest BCUT2D eigenvalue weighted by atomic mass is 19.4. The summed E-state index contributed by atoms with van der Waals surface area (Å²) in [7, 11) is 1.69. The van der Waals surface area contributed by atoms with Crippen LogP contribution in [0.25, 0.3) is 10.9 Å². The number of hydrogen-bond donors (Lipinski definition) is 6. The van der Waals surface area contributed by atoms with Gasteiger partial charge in [0.25, 0.3) is 0 Å². The van der Waals surface area contributed by atoms with E-state index >= 15 is 0 Å². The predicted octanol–water partition coefficient (Wildman–Crippen LogP) is 4.41. The summed E-state index contributed by atoms with van der Waals surface area (Å²) >= 11 is 0. The Balaban J connectivity index is 0.779. The molecule has 6 N–H and O–H groups in total. The number of ether oxygens (including phenoxy) is 1. The third kappa shape index (κ3) is 14.4. The summed E-state index contributed by atoms with van der Waals surface area (Å²) in [6.45, 7) is 6.64. The lowest BCUT2D eigenvalue weighted by Crippen LogP contribution is -2.59. The maximum absolute atomic E-state index is 14.0. The van der Waals surface area contributed by atoms with Gasteiger partial charge in [-0.25, -0.2) is 9.97 Å². The molecule has 2 aliphatic heterocycles. The monoisotopic (exact) mass is 1010 g/mol. The predicted molar refractivity (Wildman–Crippen MR) is 262 cm³/mol. The van der Waals surface area contributed by atoms with Gasteiger partial charge >= 0.3 is 6.18 Å². The first-order valence-corrected chi connectivity index (χ1v) is 25.6. The number of amides is 6. The second kappa shape index (κ2) is 25.1. The first kappa shape index (κ1) is 53.8. The number of aromatic nitrogens is 3. The van der Waals surface area contributed by atoms with Crippen molar-refractivity contribution in [3.8, 4) is 0 Å². The molecule has 6 atom stereocenters. The summed E-state index contributed by atoms with van der Waals surface area (Å²) in [6, 6.07) is 5.34. The summed E-state index contributed by atoms with van der Waals surface area (Å²) in [5, 5.41) is 19.1. The molecule has 3 aromatic rings. The number of unbranched alkanes of at least 4 members (excludes halogenated alkanes) is 1. The Kier molecular flexibility index (Phi) is 18.8. The summed E-state index contributed by atoms with van der Waals surface area (Å²) in [6.07, 6.45) is 6.81. The number of alkyl halides is 3. The van der Waals surface area contributed by atoms with Gasteiger partial charge in [0, 0.05) is 81.7 Å². The van der Waals surface area contributed by atoms with E-state index in [1.54, 1.807) is 30.4 Å². The Labute approximate surface area is 418 Å². The number of anilines is 1.